The molecule has 0 fully saturated rings. The number of nitrogen functional groups attached to an aromatic ring is 1. The van der Waals surface area contributed by atoms with E-state index in [2.05, 4.69) is 20.3 Å². The first kappa shape index (κ1) is 13.4. The molecule has 1 aromatic rings. The number of nitrogens with two attached hydrogens (primary N) is 1. The summed E-state index contributed by atoms with van der Waals surface area (Å²) in [7, 11) is 3.90. The van der Waals surface area contributed by atoms with E-state index in [0.717, 1.165) is 6.54 Å². The van der Waals surface area contributed by atoms with Crippen LogP contribution in [0.4, 0.5) is 5.82 Å². The summed E-state index contributed by atoms with van der Waals surface area (Å²) in [6, 6.07) is 0.0219. The number of rotatable bonds is 5. The van der Waals surface area contributed by atoms with Gasteiger partial charge in [-0.2, -0.15) is 0 Å². The topological polar surface area (TPSA) is 97.3 Å². The second-order valence-electron chi connectivity index (χ2n) is 4.58. The van der Waals surface area contributed by atoms with Crippen molar-refractivity contribution in [2.75, 3.05) is 26.4 Å². The fourth-order valence-corrected chi connectivity index (χ4v) is 1.41. The van der Waals surface area contributed by atoms with Gasteiger partial charge in [-0.05, 0) is 30.3 Å². The van der Waals surface area contributed by atoms with Crippen LogP contribution in [0.2, 0.25) is 0 Å². The monoisotopic (exact) mass is 241 g/mol. The first-order chi connectivity index (χ1) is 7.91. The van der Waals surface area contributed by atoms with Crippen LogP contribution in [0, 0.1) is 5.92 Å². The van der Waals surface area contributed by atoms with Gasteiger partial charge in [-0.25, -0.2) is 4.63 Å². The highest BCUT2D eigenvalue weighted by molar-refractivity contribution is 5.96. The summed E-state index contributed by atoms with van der Waals surface area (Å²) in [4.78, 5) is 13.9. The van der Waals surface area contributed by atoms with Crippen LogP contribution in [0.25, 0.3) is 0 Å². The molecule has 17 heavy (non-hydrogen) atoms. The molecule has 1 amide bonds. The highest BCUT2D eigenvalue weighted by Crippen LogP contribution is 2.07. The second kappa shape index (κ2) is 5.62. The second-order valence-corrected chi connectivity index (χ2v) is 4.58. The quantitative estimate of drug-likeness (QED) is 0.751. The average molecular weight is 241 g/mol. The Morgan fingerprint density at radius 1 is 1.47 bits per heavy atom. The summed E-state index contributed by atoms with van der Waals surface area (Å²) in [5, 5.41) is 9.71. The van der Waals surface area contributed by atoms with E-state index in [1.807, 2.05) is 32.8 Å². The van der Waals surface area contributed by atoms with Crippen LogP contribution >= 0.6 is 0 Å². The number of aromatic nitrogens is 2. The van der Waals surface area contributed by atoms with Gasteiger partial charge in [0.25, 0.3) is 5.91 Å². The minimum atomic E-state index is -0.357. The lowest BCUT2D eigenvalue weighted by atomic mass is 10.0. The molecule has 0 aliphatic carbocycles. The molecule has 0 aliphatic rings. The largest absolute Gasteiger partial charge is 0.379 e. The first-order valence-electron chi connectivity index (χ1n) is 5.45. The van der Waals surface area contributed by atoms with E-state index in [1.54, 1.807) is 0 Å². The summed E-state index contributed by atoms with van der Waals surface area (Å²) in [5.74, 6) is -0.0402. The lowest BCUT2D eigenvalue weighted by Gasteiger charge is -2.25. The molecule has 1 aromatic heterocycles. The third-order valence-electron chi connectivity index (χ3n) is 2.41. The SMILES string of the molecule is CC(C)C(CN(C)C)NC(=O)c1nonc1N. The van der Waals surface area contributed by atoms with Crippen molar-refractivity contribution in [3.63, 3.8) is 0 Å². The van der Waals surface area contributed by atoms with Gasteiger partial charge in [0.15, 0.2) is 0 Å². The number of nitrogens with one attached hydrogen (secondary N) is 1. The van der Waals surface area contributed by atoms with Gasteiger partial charge in [0.1, 0.15) is 0 Å². The third-order valence-corrected chi connectivity index (χ3v) is 2.41. The average Bonchev–Trinajstić information content (AvgIpc) is 2.62. The number of hydrogen-bond donors (Lipinski definition) is 2. The molecule has 3 N–H and O–H groups in total. The Morgan fingerprint density at radius 3 is 2.53 bits per heavy atom. The first-order valence-corrected chi connectivity index (χ1v) is 5.45. The summed E-state index contributed by atoms with van der Waals surface area (Å²) in [6.45, 7) is 4.83. The van der Waals surface area contributed by atoms with Gasteiger partial charge in [0, 0.05) is 12.6 Å². The van der Waals surface area contributed by atoms with Crippen molar-refractivity contribution in [1.29, 1.82) is 0 Å². The van der Waals surface area contributed by atoms with E-state index < -0.39 is 0 Å². The predicted octanol–water partition coefficient (Wildman–Crippen LogP) is -0.0322. The van der Waals surface area contributed by atoms with Gasteiger partial charge >= 0.3 is 0 Å². The van der Waals surface area contributed by atoms with Crippen molar-refractivity contribution < 1.29 is 9.42 Å². The highest BCUT2D eigenvalue weighted by Gasteiger charge is 2.22. The molecule has 0 aromatic carbocycles. The molecular weight excluding hydrogens is 222 g/mol. The van der Waals surface area contributed by atoms with Crippen LogP contribution < -0.4 is 11.1 Å². The number of nitrogens with zero attached hydrogens (tertiary/aromatic N) is 3. The van der Waals surface area contributed by atoms with Gasteiger partial charge in [-0.3, -0.25) is 4.79 Å². The zero-order valence-corrected chi connectivity index (χ0v) is 10.6. The zero-order chi connectivity index (χ0) is 13.0. The lowest BCUT2D eigenvalue weighted by Crippen LogP contribution is -2.45. The van der Waals surface area contributed by atoms with Gasteiger partial charge in [0.2, 0.25) is 11.5 Å². The van der Waals surface area contributed by atoms with Crippen LogP contribution in [0.5, 0.6) is 0 Å². The van der Waals surface area contributed by atoms with E-state index in [9.17, 15) is 4.79 Å². The highest BCUT2D eigenvalue weighted by atomic mass is 16.6. The Labute approximate surface area is 100 Å². The Morgan fingerprint density at radius 2 is 2.12 bits per heavy atom. The van der Waals surface area contributed by atoms with Crippen molar-refractivity contribution in [1.82, 2.24) is 20.5 Å². The van der Waals surface area contributed by atoms with E-state index >= 15 is 0 Å². The van der Waals surface area contributed by atoms with Crippen LogP contribution in [0.3, 0.4) is 0 Å². The number of anilines is 1. The van der Waals surface area contributed by atoms with Gasteiger partial charge in [0.05, 0.1) is 0 Å². The van der Waals surface area contributed by atoms with Crippen molar-refractivity contribution in [3.8, 4) is 0 Å². The van der Waals surface area contributed by atoms with Gasteiger partial charge in [-0.15, -0.1) is 0 Å². The van der Waals surface area contributed by atoms with Crippen molar-refractivity contribution in [2.24, 2.45) is 5.92 Å². The minimum Gasteiger partial charge on any atom is -0.379 e. The van der Waals surface area contributed by atoms with E-state index in [0.29, 0.717) is 5.92 Å². The zero-order valence-electron chi connectivity index (χ0n) is 10.6. The van der Waals surface area contributed by atoms with E-state index in [-0.39, 0.29) is 23.5 Å². The Balaban J connectivity index is 2.68. The Bertz CT molecular complexity index is 375. The maximum atomic E-state index is 11.9. The molecule has 7 nitrogen and oxygen atoms in total. The molecule has 0 bridgehead atoms. The predicted molar refractivity (Wildman–Crippen MR) is 63.4 cm³/mol. The van der Waals surface area contributed by atoms with Crippen LogP contribution in [0.1, 0.15) is 24.3 Å². The maximum Gasteiger partial charge on any atom is 0.277 e. The van der Waals surface area contributed by atoms with Crippen LogP contribution in [-0.2, 0) is 0 Å². The molecule has 1 rings (SSSR count). The molecule has 0 radical (unpaired) electrons. The molecular formula is C10H19N5O2. The maximum absolute atomic E-state index is 11.9. The molecule has 96 valence electrons. The lowest BCUT2D eigenvalue weighted by molar-refractivity contribution is 0.0907. The molecule has 0 aliphatic heterocycles. The molecule has 7 heteroatoms. The molecule has 1 heterocycles. The van der Waals surface area contributed by atoms with Gasteiger partial charge in [-0.1, -0.05) is 13.8 Å². The van der Waals surface area contributed by atoms with Crippen molar-refractivity contribution >= 4 is 11.7 Å². The molecule has 1 atom stereocenters. The van der Waals surface area contributed by atoms with E-state index in [4.69, 9.17) is 5.73 Å². The number of amides is 1. The summed E-state index contributed by atoms with van der Waals surface area (Å²) < 4.78 is 4.39. The Kier molecular flexibility index (Phi) is 4.45. The van der Waals surface area contributed by atoms with E-state index in [1.165, 1.54) is 0 Å². The normalized spacial score (nSPS) is 13.1. The van der Waals surface area contributed by atoms with Crippen molar-refractivity contribution in [2.45, 2.75) is 19.9 Å². The summed E-state index contributed by atoms with van der Waals surface area (Å²) >= 11 is 0. The molecule has 1 unspecified atom stereocenters. The third kappa shape index (κ3) is 3.70. The molecule has 0 spiro atoms. The summed E-state index contributed by atoms with van der Waals surface area (Å²) in [5.41, 5.74) is 5.49. The number of likely N-dealkylation sites (N-methyl/N-ethyl adjacent to an activating group) is 1. The smallest absolute Gasteiger partial charge is 0.277 e. The van der Waals surface area contributed by atoms with Crippen LogP contribution in [-0.4, -0.2) is 47.8 Å². The van der Waals surface area contributed by atoms with Gasteiger partial charge < -0.3 is 16.0 Å². The Hall–Kier alpha value is -1.63. The molecule has 0 saturated heterocycles. The fourth-order valence-electron chi connectivity index (χ4n) is 1.41. The van der Waals surface area contributed by atoms with Crippen molar-refractivity contribution in [3.05, 3.63) is 5.69 Å². The summed E-state index contributed by atoms with van der Waals surface area (Å²) in [6.07, 6.45) is 0. The van der Waals surface area contributed by atoms with Crippen LogP contribution in [0.15, 0.2) is 4.63 Å². The number of carbonyl (C=O) groups excluding carboxylic acids is 1. The number of carbonyl (C=O) groups is 1. The fraction of sp³-hybridized carbons (Fsp3) is 0.700. The standard InChI is InChI=1S/C10H19N5O2/c1-6(2)7(5-15(3)4)12-10(16)8-9(11)14-17-13-8/h6-7H,5H2,1-4H3,(H2,11,14)(H,12,16). The molecule has 0 saturated carbocycles. The number of hydrogen-bond acceptors (Lipinski definition) is 6. The minimum absolute atomic E-state index is 0.00913.